The second kappa shape index (κ2) is 9.07. The molecule has 0 spiro atoms. The molecule has 0 N–H and O–H groups in total. The first-order chi connectivity index (χ1) is 19.7. The summed E-state index contributed by atoms with van der Waals surface area (Å²) >= 11 is 3.59. The second-order valence-corrected chi connectivity index (χ2v) is 10.4. The van der Waals surface area contributed by atoms with Gasteiger partial charge in [0.05, 0.1) is 16.7 Å². The van der Waals surface area contributed by atoms with Crippen LogP contribution in [0.5, 0.6) is 0 Å². The van der Waals surface area contributed by atoms with Gasteiger partial charge in [-0.1, -0.05) is 72.8 Å². The van der Waals surface area contributed by atoms with Gasteiger partial charge < -0.3 is 0 Å². The zero-order valence-electron chi connectivity index (χ0n) is 21.2. The molecule has 4 aromatic carbocycles. The number of benzene rings is 4. The van der Waals surface area contributed by atoms with E-state index >= 15 is 0 Å². The monoisotopic (exact) mass is 577 g/mol. The summed E-state index contributed by atoms with van der Waals surface area (Å²) in [6, 6.07) is 39.6. The van der Waals surface area contributed by atoms with Crippen LogP contribution >= 0.6 is 15.9 Å². The lowest BCUT2D eigenvalue weighted by Crippen LogP contribution is -2.00. The average molecular weight is 578 g/mol. The quantitative estimate of drug-likeness (QED) is 0.155. The molecule has 4 aromatic heterocycles. The van der Waals surface area contributed by atoms with Crippen LogP contribution in [0.4, 0.5) is 0 Å². The highest BCUT2D eigenvalue weighted by Gasteiger charge is 2.17. The molecular weight excluding hydrogens is 558 g/mol. The fourth-order valence-electron chi connectivity index (χ4n) is 5.59. The number of para-hydroxylation sites is 1. The summed E-state index contributed by atoms with van der Waals surface area (Å²) in [7, 11) is 0. The summed E-state index contributed by atoms with van der Waals surface area (Å²) in [6.07, 6.45) is 1.83. The van der Waals surface area contributed by atoms with Crippen LogP contribution in [-0.4, -0.2) is 24.5 Å². The molecule has 6 heteroatoms. The Labute approximate surface area is 237 Å². The number of fused-ring (bicyclic) bond motifs is 6. The van der Waals surface area contributed by atoms with E-state index in [0.29, 0.717) is 4.73 Å². The van der Waals surface area contributed by atoms with Gasteiger partial charge in [0, 0.05) is 33.3 Å². The predicted octanol–water partition coefficient (Wildman–Crippen LogP) is 8.77. The Hall–Kier alpha value is -4.94. The van der Waals surface area contributed by atoms with Gasteiger partial charge in [-0.2, -0.15) is 0 Å². The molecular formula is C34H20BrN5. The van der Waals surface area contributed by atoms with E-state index in [0.717, 1.165) is 66.4 Å². The SMILES string of the molecule is Brc1nc(-c2cccc(-c3ccccc3)c2)c2ccc3ccc(-n4c5ccccc5c5cccnc54)nc3c2n1. The minimum absolute atomic E-state index is 0.526. The average Bonchev–Trinajstić information content (AvgIpc) is 3.35. The molecule has 8 rings (SSSR count). The lowest BCUT2D eigenvalue weighted by molar-refractivity contribution is 1.07. The molecule has 0 aliphatic carbocycles. The molecule has 0 bridgehead atoms. The molecule has 0 aliphatic heterocycles. The van der Waals surface area contributed by atoms with Crippen molar-refractivity contribution in [2.75, 3.05) is 0 Å². The molecule has 0 radical (unpaired) electrons. The van der Waals surface area contributed by atoms with E-state index < -0.39 is 0 Å². The first-order valence-electron chi connectivity index (χ1n) is 13.0. The van der Waals surface area contributed by atoms with E-state index in [9.17, 15) is 0 Å². The van der Waals surface area contributed by atoms with Crippen LogP contribution < -0.4 is 0 Å². The molecule has 0 fully saturated rings. The molecule has 0 unspecified atom stereocenters. The van der Waals surface area contributed by atoms with Gasteiger partial charge >= 0.3 is 0 Å². The number of aromatic nitrogens is 5. The Morgan fingerprint density at radius 2 is 1.32 bits per heavy atom. The third-order valence-corrected chi connectivity index (χ3v) is 7.74. The Morgan fingerprint density at radius 1 is 0.550 bits per heavy atom. The predicted molar refractivity (Wildman–Crippen MR) is 166 cm³/mol. The maximum atomic E-state index is 5.20. The number of rotatable bonds is 3. The van der Waals surface area contributed by atoms with Crippen molar-refractivity contribution >= 4 is 59.7 Å². The van der Waals surface area contributed by atoms with Crippen LogP contribution in [0.15, 0.2) is 126 Å². The number of halogens is 1. The number of pyridine rings is 2. The Kier molecular flexibility index (Phi) is 5.21. The number of nitrogens with zero attached hydrogens (tertiary/aromatic N) is 5. The Morgan fingerprint density at radius 3 is 2.25 bits per heavy atom. The van der Waals surface area contributed by atoms with E-state index in [1.54, 1.807) is 0 Å². The molecule has 4 heterocycles. The second-order valence-electron chi connectivity index (χ2n) is 9.72. The molecule has 0 amide bonds. The molecule has 5 nitrogen and oxygen atoms in total. The summed E-state index contributed by atoms with van der Waals surface area (Å²) in [5.41, 5.74) is 7.76. The van der Waals surface area contributed by atoms with Crippen molar-refractivity contribution in [1.29, 1.82) is 0 Å². The zero-order chi connectivity index (χ0) is 26.6. The van der Waals surface area contributed by atoms with Crippen molar-refractivity contribution in [1.82, 2.24) is 24.5 Å². The van der Waals surface area contributed by atoms with Crippen molar-refractivity contribution < 1.29 is 0 Å². The highest BCUT2D eigenvalue weighted by atomic mass is 79.9. The summed E-state index contributed by atoms with van der Waals surface area (Å²) in [5, 5.41) is 4.21. The Balaban J connectivity index is 1.37. The van der Waals surface area contributed by atoms with Crippen molar-refractivity contribution in [3.05, 3.63) is 126 Å². The lowest BCUT2D eigenvalue weighted by atomic mass is 9.99. The van der Waals surface area contributed by atoms with Crippen molar-refractivity contribution in [3.63, 3.8) is 0 Å². The van der Waals surface area contributed by atoms with Gasteiger partial charge in [0.25, 0.3) is 0 Å². The highest BCUT2D eigenvalue weighted by Crippen LogP contribution is 2.35. The van der Waals surface area contributed by atoms with Gasteiger partial charge in [-0.05, 0) is 69.5 Å². The van der Waals surface area contributed by atoms with Crippen LogP contribution in [0.2, 0.25) is 0 Å². The van der Waals surface area contributed by atoms with Crippen LogP contribution in [0, 0.1) is 0 Å². The largest absolute Gasteiger partial charge is 0.278 e. The van der Waals surface area contributed by atoms with Gasteiger partial charge in [0.2, 0.25) is 0 Å². The Bertz CT molecular complexity index is 2180. The van der Waals surface area contributed by atoms with Gasteiger partial charge in [-0.15, -0.1) is 0 Å². The third-order valence-electron chi connectivity index (χ3n) is 7.39. The van der Waals surface area contributed by atoms with Gasteiger partial charge in [0.1, 0.15) is 17.0 Å². The minimum atomic E-state index is 0.526. The first-order valence-corrected chi connectivity index (χ1v) is 13.8. The van der Waals surface area contributed by atoms with Crippen molar-refractivity contribution in [2.24, 2.45) is 0 Å². The highest BCUT2D eigenvalue weighted by molar-refractivity contribution is 9.10. The van der Waals surface area contributed by atoms with Crippen molar-refractivity contribution in [2.45, 2.75) is 0 Å². The summed E-state index contributed by atoms with van der Waals surface area (Å²) < 4.78 is 2.65. The van der Waals surface area contributed by atoms with E-state index in [4.69, 9.17) is 19.9 Å². The molecule has 40 heavy (non-hydrogen) atoms. The summed E-state index contributed by atoms with van der Waals surface area (Å²) in [4.78, 5) is 19.6. The maximum absolute atomic E-state index is 5.20. The molecule has 0 aliphatic rings. The lowest BCUT2D eigenvalue weighted by Gasteiger charge is -2.12. The van der Waals surface area contributed by atoms with Gasteiger partial charge in [-0.25, -0.2) is 19.9 Å². The van der Waals surface area contributed by atoms with Gasteiger partial charge in [-0.3, -0.25) is 4.57 Å². The zero-order valence-corrected chi connectivity index (χ0v) is 22.7. The van der Waals surface area contributed by atoms with Crippen molar-refractivity contribution in [3.8, 4) is 28.2 Å². The number of hydrogen-bond donors (Lipinski definition) is 0. The minimum Gasteiger partial charge on any atom is -0.278 e. The third kappa shape index (κ3) is 3.61. The van der Waals surface area contributed by atoms with Crippen LogP contribution in [0.25, 0.3) is 71.9 Å². The normalized spacial score (nSPS) is 11.6. The topological polar surface area (TPSA) is 56.5 Å². The summed E-state index contributed by atoms with van der Waals surface area (Å²) in [6.45, 7) is 0. The molecule has 0 saturated carbocycles. The van der Waals surface area contributed by atoms with E-state index in [1.165, 1.54) is 5.56 Å². The molecule has 188 valence electrons. The smallest absolute Gasteiger partial charge is 0.197 e. The van der Waals surface area contributed by atoms with Crippen LogP contribution in [0.1, 0.15) is 0 Å². The first kappa shape index (κ1) is 23.0. The number of hydrogen-bond acceptors (Lipinski definition) is 4. The van der Waals surface area contributed by atoms with Crippen LogP contribution in [0.3, 0.4) is 0 Å². The summed E-state index contributed by atoms with van der Waals surface area (Å²) in [5.74, 6) is 0.798. The van der Waals surface area contributed by atoms with Gasteiger partial charge in [0.15, 0.2) is 4.73 Å². The fraction of sp³-hybridized carbons (Fsp3) is 0. The van der Waals surface area contributed by atoms with E-state index in [-0.39, 0.29) is 0 Å². The maximum Gasteiger partial charge on any atom is 0.197 e. The standard InChI is InChI=1S/C34H20BrN5/c35-34-38-30(24-11-6-10-23(20-24)21-8-2-1-3-9-21)27-17-15-22-16-18-29(37-31(22)32(27)39-34)40-28-14-5-4-12-25(28)26-13-7-19-36-33(26)40/h1-20H. The van der Waals surface area contributed by atoms with E-state index in [2.05, 4.69) is 118 Å². The molecule has 8 aromatic rings. The molecule has 0 saturated heterocycles. The molecule has 0 atom stereocenters. The fourth-order valence-corrected chi connectivity index (χ4v) is 5.94. The van der Waals surface area contributed by atoms with Crippen LogP contribution in [-0.2, 0) is 0 Å². The van der Waals surface area contributed by atoms with E-state index in [1.807, 2.05) is 24.4 Å².